The summed E-state index contributed by atoms with van der Waals surface area (Å²) in [5.74, 6) is 0.0601. The maximum atomic E-state index is 10.5. The molecule has 2 fully saturated rings. The Bertz CT molecular complexity index is 889. The van der Waals surface area contributed by atoms with Gasteiger partial charge < -0.3 is 15.3 Å². The van der Waals surface area contributed by atoms with E-state index in [0.717, 1.165) is 24.3 Å². The predicted octanol–water partition coefficient (Wildman–Crippen LogP) is 2.23. The van der Waals surface area contributed by atoms with Gasteiger partial charge >= 0.3 is 0 Å². The van der Waals surface area contributed by atoms with Crippen molar-refractivity contribution in [2.45, 2.75) is 30.3 Å². The SMILES string of the molecule is Cc1ccc(S(=O)(=O)O)cc1.Oc1cc(N2C[C@H]3C[C@@H]2CN3)cnc1Cl. The summed E-state index contributed by atoms with van der Waals surface area (Å²) in [6.07, 6.45) is 2.91. The number of nitrogens with zero attached hydrogens (tertiary/aromatic N) is 2. The first-order valence-corrected chi connectivity index (χ1v) is 9.94. The topological polar surface area (TPSA) is 103 Å². The van der Waals surface area contributed by atoms with Crippen LogP contribution < -0.4 is 10.2 Å². The smallest absolute Gasteiger partial charge is 0.294 e. The van der Waals surface area contributed by atoms with Crippen LogP contribution >= 0.6 is 11.6 Å². The molecule has 3 N–H and O–H groups in total. The average molecular weight is 398 g/mol. The van der Waals surface area contributed by atoms with E-state index in [0.29, 0.717) is 12.1 Å². The number of anilines is 1. The summed E-state index contributed by atoms with van der Waals surface area (Å²) < 4.78 is 29.6. The van der Waals surface area contributed by atoms with Gasteiger partial charge in [0.15, 0.2) is 10.9 Å². The average Bonchev–Trinajstić information content (AvgIpc) is 3.21. The third-order valence-electron chi connectivity index (χ3n) is 4.51. The number of rotatable bonds is 2. The Morgan fingerprint density at radius 1 is 1.31 bits per heavy atom. The predicted molar refractivity (Wildman–Crippen MR) is 99.4 cm³/mol. The second-order valence-electron chi connectivity index (χ2n) is 6.44. The molecule has 0 radical (unpaired) electrons. The van der Waals surface area contributed by atoms with Gasteiger partial charge in [0.1, 0.15) is 0 Å². The maximum absolute atomic E-state index is 10.5. The monoisotopic (exact) mass is 397 g/mol. The van der Waals surface area contributed by atoms with E-state index < -0.39 is 10.1 Å². The van der Waals surface area contributed by atoms with Crippen LogP contribution in [-0.2, 0) is 10.1 Å². The lowest BCUT2D eigenvalue weighted by atomic mass is 10.2. The maximum Gasteiger partial charge on any atom is 0.294 e. The Balaban J connectivity index is 0.000000160. The lowest BCUT2D eigenvalue weighted by Gasteiger charge is -2.29. The fourth-order valence-corrected chi connectivity index (χ4v) is 3.75. The van der Waals surface area contributed by atoms with Crippen molar-refractivity contribution in [3.8, 4) is 5.75 Å². The molecule has 0 saturated carbocycles. The number of fused-ring (bicyclic) bond motifs is 2. The fourth-order valence-electron chi connectivity index (χ4n) is 3.17. The standard InChI is InChI=1S/C10H12ClN3O.C7H8O3S/c11-10-9(15)2-8(4-13-10)14-5-6-1-7(14)3-12-6;1-6-2-4-7(5-3-6)11(8,9)10/h2,4,6-7,12,15H,1,3,5H2;2-5H,1H3,(H,8,9,10)/t6-,7-;/m1./s1. The molecule has 140 valence electrons. The third-order valence-corrected chi connectivity index (χ3v) is 5.67. The summed E-state index contributed by atoms with van der Waals surface area (Å²) in [5.41, 5.74) is 1.92. The van der Waals surface area contributed by atoms with Gasteiger partial charge in [-0.2, -0.15) is 8.42 Å². The van der Waals surface area contributed by atoms with Crippen LogP contribution in [0.4, 0.5) is 5.69 Å². The molecule has 2 bridgehead atoms. The van der Waals surface area contributed by atoms with E-state index in [1.807, 2.05) is 6.92 Å². The van der Waals surface area contributed by atoms with Crippen LogP contribution in [0, 0.1) is 6.92 Å². The van der Waals surface area contributed by atoms with Crippen molar-refractivity contribution in [1.82, 2.24) is 10.3 Å². The van der Waals surface area contributed by atoms with Crippen LogP contribution in [0.5, 0.6) is 5.75 Å². The molecule has 2 aromatic rings. The van der Waals surface area contributed by atoms with Gasteiger partial charge in [-0.1, -0.05) is 29.3 Å². The molecule has 0 unspecified atom stereocenters. The first kappa shape index (κ1) is 18.9. The molecular weight excluding hydrogens is 378 g/mol. The molecule has 7 nitrogen and oxygen atoms in total. The van der Waals surface area contributed by atoms with Crippen molar-refractivity contribution in [3.05, 3.63) is 47.2 Å². The number of aromatic nitrogens is 1. The number of aryl methyl sites for hydroxylation is 1. The van der Waals surface area contributed by atoms with Crippen LogP contribution in [-0.4, -0.2) is 48.2 Å². The highest BCUT2D eigenvalue weighted by molar-refractivity contribution is 7.85. The van der Waals surface area contributed by atoms with Crippen molar-refractivity contribution in [1.29, 1.82) is 0 Å². The highest BCUT2D eigenvalue weighted by Gasteiger charge is 2.37. The minimum Gasteiger partial charge on any atom is -0.505 e. The number of aromatic hydroxyl groups is 1. The zero-order valence-corrected chi connectivity index (χ0v) is 15.7. The molecule has 0 amide bonds. The number of nitrogens with one attached hydrogen (secondary N) is 1. The summed E-state index contributed by atoms with van der Waals surface area (Å²) in [4.78, 5) is 6.18. The van der Waals surface area contributed by atoms with Crippen LogP contribution in [0.3, 0.4) is 0 Å². The van der Waals surface area contributed by atoms with Gasteiger partial charge in [-0.3, -0.25) is 4.55 Å². The van der Waals surface area contributed by atoms with Crippen molar-refractivity contribution >= 4 is 27.4 Å². The Hall–Kier alpha value is -1.87. The van der Waals surface area contributed by atoms with E-state index in [4.69, 9.17) is 16.2 Å². The fraction of sp³-hybridized carbons (Fsp3) is 0.353. The van der Waals surface area contributed by atoms with E-state index in [9.17, 15) is 13.5 Å². The Morgan fingerprint density at radius 2 is 2.00 bits per heavy atom. The largest absolute Gasteiger partial charge is 0.505 e. The first-order chi connectivity index (χ1) is 12.2. The van der Waals surface area contributed by atoms with Gasteiger partial charge in [0.2, 0.25) is 0 Å². The third kappa shape index (κ3) is 4.27. The zero-order chi connectivity index (χ0) is 18.9. The number of benzene rings is 1. The molecule has 1 aromatic carbocycles. The van der Waals surface area contributed by atoms with E-state index >= 15 is 0 Å². The number of hydrogen-bond donors (Lipinski definition) is 3. The molecule has 0 aliphatic carbocycles. The molecule has 2 aliphatic heterocycles. The summed E-state index contributed by atoms with van der Waals surface area (Å²) in [5, 5.41) is 13.1. The molecule has 4 rings (SSSR count). The lowest BCUT2D eigenvalue weighted by molar-refractivity contribution is 0.472. The normalized spacial score (nSPS) is 21.4. The summed E-state index contributed by atoms with van der Waals surface area (Å²) in [6, 6.07) is 8.81. The van der Waals surface area contributed by atoms with Crippen molar-refractivity contribution < 1.29 is 18.1 Å². The summed E-state index contributed by atoms with van der Waals surface area (Å²) in [6.45, 7) is 3.86. The quantitative estimate of drug-likeness (QED) is 0.527. The first-order valence-electron chi connectivity index (χ1n) is 8.13. The number of hydrogen-bond acceptors (Lipinski definition) is 6. The lowest BCUT2D eigenvalue weighted by Crippen LogP contribution is -2.43. The number of pyridine rings is 1. The zero-order valence-electron chi connectivity index (χ0n) is 14.1. The Morgan fingerprint density at radius 3 is 2.50 bits per heavy atom. The van der Waals surface area contributed by atoms with Crippen LogP contribution in [0.25, 0.3) is 0 Å². The van der Waals surface area contributed by atoms with Crippen molar-refractivity contribution in [3.63, 3.8) is 0 Å². The molecule has 26 heavy (non-hydrogen) atoms. The van der Waals surface area contributed by atoms with Crippen LogP contribution in [0.2, 0.25) is 5.15 Å². The van der Waals surface area contributed by atoms with Gasteiger partial charge in [0, 0.05) is 31.2 Å². The summed E-state index contributed by atoms with van der Waals surface area (Å²) in [7, 11) is -4.02. The van der Waals surface area contributed by atoms with E-state index in [-0.39, 0.29) is 15.8 Å². The second kappa shape index (κ2) is 7.40. The Kier molecular flexibility index (Phi) is 5.38. The number of halogens is 1. The molecule has 1 aromatic heterocycles. The van der Waals surface area contributed by atoms with Gasteiger partial charge in [0.25, 0.3) is 10.1 Å². The minimum absolute atomic E-state index is 0.0601. The molecule has 0 spiro atoms. The molecule has 9 heteroatoms. The number of piperazine rings is 1. The highest BCUT2D eigenvalue weighted by Crippen LogP contribution is 2.32. The molecule has 3 heterocycles. The van der Waals surface area contributed by atoms with Crippen molar-refractivity contribution in [2.75, 3.05) is 18.0 Å². The van der Waals surface area contributed by atoms with E-state index in [1.54, 1.807) is 24.4 Å². The molecular formula is C17H20ClN3O4S. The van der Waals surface area contributed by atoms with Gasteiger partial charge in [-0.25, -0.2) is 4.98 Å². The molecule has 2 aliphatic rings. The van der Waals surface area contributed by atoms with E-state index in [1.165, 1.54) is 18.6 Å². The van der Waals surface area contributed by atoms with Crippen LogP contribution in [0.1, 0.15) is 12.0 Å². The molecule has 2 saturated heterocycles. The highest BCUT2D eigenvalue weighted by atomic mass is 35.5. The van der Waals surface area contributed by atoms with Gasteiger partial charge in [-0.05, 0) is 25.5 Å². The molecule has 2 atom stereocenters. The minimum atomic E-state index is -4.02. The summed E-state index contributed by atoms with van der Waals surface area (Å²) >= 11 is 5.67. The Labute approximate surface area is 157 Å². The van der Waals surface area contributed by atoms with Gasteiger partial charge in [-0.15, -0.1) is 0 Å². The second-order valence-corrected chi connectivity index (χ2v) is 8.22. The van der Waals surface area contributed by atoms with Crippen molar-refractivity contribution in [2.24, 2.45) is 0 Å². The van der Waals surface area contributed by atoms with Gasteiger partial charge in [0.05, 0.1) is 16.8 Å². The van der Waals surface area contributed by atoms with Crippen LogP contribution in [0.15, 0.2) is 41.4 Å². The van der Waals surface area contributed by atoms with E-state index in [2.05, 4.69) is 15.2 Å².